The van der Waals surface area contributed by atoms with Crippen molar-refractivity contribution in [2.24, 2.45) is 5.41 Å². The van der Waals surface area contributed by atoms with E-state index in [0.29, 0.717) is 18.6 Å². The van der Waals surface area contributed by atoms with Crippen LogP contribution in [0.15, 0.2) is 0 Å². The topological polar surface area (TPSA) is 47.6 Å². The van der Waals surface area contributed by atoms with Gasteiger partial charge in [-0.25, -0.2) is 4.79 Å². The van der Waals surface area contributed by atoms with Crippen LogP contribution in [0.1, 0.15) is 48.0 Å². The summed E-state index contributed by atoms with van der Waals surface area (Å²) >= 11 is 0. The van der Waals surface area contributed by atoms with Crippen LogP contribution in [-0.2, 0) is 9.47 Å². The minimum absolute atomic E-state index is 0.290. The Kier molecular flexibility index (Phi) is 6.53. The van der Waals surface area contributed by atoms with Crippen LogP contribution in [0.4, 0.5) is 4.79 Å². The fourth-order valence-electron chi connectivity index (χ4n) is 1.02. The van der Waals surface area contributed by atoms with Crippen molar-refractivity contribution in [2.75, 3.05) is 19.8 Å². The van der Waals surface area contributed by atoms with Gasteiger partial charge < -0.3 is 14.8 Å². The van der Waals surface area contributed by atoms with Gasteiger partial charge >= 0.3 is 6.09 Å². The van der Waals surface area contributed by atoms with Crippen LogP contribution < -0.4 is 5.32 Å². The van der Waals surface area contributed by atoms with E-state index < -0.39 is 11.7 Å². The van der Waals surface area contributed by atoms with Crippen LogP contribution >= 0.6 is 0 Å². The average Bonchev–Trinajstić information content (AvgIpc) is 2.06. The van der Waals surface area contributed by atoms with E-state index in [1.54, 1.807) is 0 Å². The predicted molar refractivity (Wildman–Crippen MR) is 69.1 cm³/mol. The number of hydrogen-bond acceptors (Lipinski definition) is 3. The molecule has 0 aliphatic carbocycles. The van der Waals surface area contributed by atoms with E-state index in [0.717, 1.165) is 13.0 Å². The standard InChI is InChI=1S/C13H27NO3/c1-12(2,3)7-9-16-10-8-14-11(15)17-13(4,5)6/h7-10H2,1-6H3,(H,14,15). The molecule has 1 N–H and O–H groups in total. The van der Waals surface area contributed by atoms with Crippen molar-refractivity contribution in [3.05, 3.63) is 0 Å². The van der Waals surface area contributed by atoms with Crippen molar-refractivity contribution in [1.29, 1.82) is 0 Å². The van der Waals surface area contributed by atoms with Gasteiger partial charge in [-0.1, -0.05) is 20.8 Å². The van der Waals surface area contributed by atoms with Gasteiger partial charge in [0.05, 0.1) is 6.61 Å². The Morgan fingerprint density at radius 1 is 1.06 bits per heavy atom. The van der Waals surface area contributed by atoms with E-state index in [2.05, 4.69) is 26.1 Å². The highest BCUT2D eigenvalue weighted by molar-refractivity contribution is 5.67. The van der Waals surface area contributed by atoms with Gasteiger partial charge in [-0.15, -0.1) is 0 Å². The molecule has 17 heavy (non-hydrogen) atoms. The maximum Gasteiger partial charge on any atom is 0.407 e. The van der Waals surface area contributed by atoms with E-state index in [-0.39, 0.29) is 0 Å². The van der Waals surface area contributed by atoms with Gasteiger partial charge in [0, 0.05) is 13.2 Å². The van der Waals surface area contributed by atoms with Crippen LogP contribution in [0.2, 0.25) is 0 Å². The van der Waals surface area contributed by atoms with Crippen LogP contribution in [0, 0.1) is 5.41 Å². The lowest BCUT2D eigenvalue weighted by molar-refractivity contribution is 0.0490. The van der Waals surface area contributed by atoms with Crippen LogP contribution in [0.25, 0.3) is 0 Å². The van der Waals surface area contributed by atoms with Crippen LogP contribution in [0.5, 0.6) is 0 Å². The largest absolute Gasteiger partial charge is 0.444 e. The van der Waals surface area contributed by atoms with Crippen molar-refractivity contribution >= 4 is 6.09 Å². The fraction of sp³-hybridized carbons (Fsp3) is 0.923. The molecule has 0 rings (SSSR count). The minimum atomic E-state index is -0.447. The molecule has 102 valence electrons. The van der Waals surface area contributed by atoms with E-state index in [1.807, 2.05) is 20.8 Å². The zero-order valence-electron chi connectivity index (χ0n) is 12.1. The number of rotatable bonds is 5. The summed E-state index contributed by atoms with van der Waals surface area (Å²) in [4.78, 5) is 11.3. The predicted octanol–water partition coefficient (Wildman–Crippen LogP) is 2.96. The molecular weight excluding hydrogens is 218 g/mol. The summed E-state index contributed by atoms with van der Waals surface area (Å²) in [5, 5.41) is 2.65. The van der Waals surface area contributed by atoms with Crippen molar-refractivity contribution in [1.82, 2.24) is 5.32 Å². The Balaban J connectivity index is 3.44. The number of ether oxygens (including phenoxy) is 2. The molecule has 4 nitrogen and oxygen atoms in total. The van der Waals surface area contributed by atoms with Gasteiger partial charge in [0.25, 0.3) is 0 Å². The van der Waals surface area contributed by atoms with E-state index >= 15 is 0 Å². The highest BCUT2D eigenvalue weighted by Gasteiger charge is 2.15. The quantitative estimate of drug-likeness (QED) is 0.757. The second-order valence-corrected chi connectivity index (χ2v) is 6.35. The average molecular weight is 245 g/mol. The Morgan fingerprint density at radius 2 is 1.65 bits per heavy atom. The molecule has 0 radical (unpaired) electrons. The summed E-state index contributed by atoms with van der Waals surface area (Å²) in [5.41, 5.74) is -0.157. The second-order valence-electron chi connectivity index (χ2n) is 6.35. The lowest BCUT2D eigenvalue weighted by Gasteiger charge is -2.20. The van der Waals surface area contributed by atoms with E-state index in [9.17, 15) is 4.79 Å². The van der Waals surface area contributed by atoms with Gasteiger partial charge in [-0.3, -0.25) is 0 Å². The van der Waals surface area contributed by atoms with Gasteiger partial charge in [0.2, 0.25) is 0 Å². The molecule has 0 aliphatic heterocycles. The van der Waals surface area contributed by atoms with Crippen molar-refractivity contribution < 1.29 is 14.3 Å². The first-order valence-electron chi connectivity index (χ1n) is 6.15. The second kappa shape index (κ2) is 6.84. The molecule has 0 atom stereocenters. The minimum Gasteiger partial charge on any atom is -0.444 e. The molecule has 0 bridgehead atoms. The number of carbonyl (C=O) groups is 1. The zero-order chi connectivity index (χ0) is 13.5. The van der Waals surface area contributed by atoms with Gasteiger partial charge in [-0.05, 0) is 32.6 Å². The molecule has 0 unspecified atom stereocenters. The monoisotopic (exact) mass is 245 g/mol. The third kappa shape index (κ3) is 13.2. The Hall–Kier alpha value is -0.770. The smallest absolute Gasteiger partial charge is 0.407 e. The Bertz CT molecular complexity index is 226. The van der Waals surface area contributed by atoms with E-state index in [1.165, 1.54) is 0 Å². The first-order chi connectivity index (χ1) is 7.60. The first-order valence-corrected chi connectivity index (χ1v) is 6.15. The van der Waals surface area contributed by atoms with Gasteiger partial charge in [0.1, 0.15) is 5.60 Å². The molecule has 0 aliphatic rings. The summed E-state index contributed by atoms with van der Waals surface area (Å²) in [5.74, 6) is 0. The van der Waals surface area contributed by atoms with Crippen molar-refractivity contribution in [3.8, 4) is 0 Å². The lowest BCUT2D eigenvalue weighted by atomic mass is 9.93. The SMILES string of the molecule is CC(C)(C)CCOCCNC(=O)OC(C)(C)C. The van der Waals surface area contributed by atoms with Gasteiger partial charge in [0.15, 0.2) is 0 Å². The summed E-state index contributed by atoms with van der Waals surface area (Å²) in [7, 11) is 0. The van der Waals surface area contributed by atoms with Crippen molar-refractivity contribution in [3.63, 3.8) is 0 Å². The third-order valence-corrected chi connectivity index (χ3v) is 1.91. The van der Waals surface area contributed by atoms with Gasteiger partial charge in [-0.2, -0.15) is 0 Å². The summed E-state index contributed by atoms with van der Waals surface area (Å²) in [6.07, 6.45) is 0.622. The Labute approximate surface area is 105 Å². The van der Waals surface area contributed by atoms with Crippen molar-refractivity contribution in [2.45, 2.75) is 53.6 Å². The number of nitrogens with one attached hydrogen (secondary N) is 1. The summed E-state index contributed by atoms with van der Waals surface area (Å²) < 4.78 is 10.5. The first kappa shape index (κ1) is 16.2. The highest BCUT2D eigenvalue weighted by atomic mass is 16.6. The number of alkyl carbamates (subject to hydrolysis) is 1. The lowest BCUT2D eigenvalue weighted by Crippen LogP contribution is -2.34. The highest BCUT2D eigenvalue weighted by Crippen LogP contribution is 2.17. The summed E-state index contributed by atoms with van der Waals surface area (Å²) in [6.45, 7) is 13.8. The fourth-order valence-corrected chi connectivity index (χ4v) is 1.02. The Morgan fingerprint density at radius 3 is 2.12 bits per heavy atom. The molecule has 0 aromatic heterocycles. The number of carbonyl (C=O) groups excluding carboxylic acids is 1. The molecule has 0 spiro atoms. The van der Waals surface area contributed by atoms with E-state index in [4.69, 9.17) is 9.47 Å². The molecule has 0 saturated carbocycles. The number of amides is 1. The maximum atomic E-state index is 11.3. The molecule has 0 aromatic rings. The molecule has 4 heteroatoms. The zero-order valence-corrected chi connectivity index (χ0v) is 12.1. The molecule has 0 saturated heterocycles. The normalized spacial score (nSPS) is 12.4. The molecule has 1 amide bonds. The molecule has 0 fully saturated rings. The maximum absolute atomic E-state index is 11.3. The third-order valence-electron chi connectivity index (χ3n) is 1.91. The molecular formula is C13H27NO3. The number of hydrogen-bond donors (Lipinski definition) is 1. The van der Waals surface area contributed by atoms with Crippen LogP contribution in [0.3, 0.4) is 0 Å². The molecule has 0 aromatic carbocycles. The summed E-state index contributed by atoms with van der Waals surface area (Å²) in [6, 6.07) is 0. The molecule has 0 heterocycles. The van der Waals surface area contributed by atoms with Crippen LogP contribution in [-0.4, -0.2) is 31.5 Å².